The number of carbonyl (C=O) groups excluding carboxylic acids is 2. The summed E-state index contributed by atoms with van der Waals surface area (Å²) in [6, 6.07) is 0. The number of rotatable bonds is 8. The lowest BCUT2D eigenvalue weighted by molar-refractivity contribution is -0.156. The third kappa shape index (κ3) is 5.30. The quantitative estimate of drug-likeness (QED) is 0.551. The molecule has 1 unspecified atom stereocenters. The number of hydrogen-bond donors (Lipinski definition) is 1. The van der Waals surface area contributed by atoms with Crippen LogP contribution in [0.1, 0.15) is 47.0 Å². The molecule has 0 aromatic heterocycles. The van der Waals surface area contributed by atoms with Crippen LogP contribution >= 0.6 is 0 Å². The van der Waals surface area contributed by atoms with Crippen molar-refractivity contribution in [1.82, 2.24) is 5.32 Å². The predicted octanol–water partition coefficient (Wildman–Crippen LogP) is 2.14. The maximum Gasteiger partial charge on any atom is 0.319 e. The molecule has 1 atom stereocenters. The first-order valence-electron chi connectivity index (χ1n) is 7.69. The van der Waals surface area contributed by atoms with Gasteiger partial charge >= 0.3 is 5.97 Å². The molecule has 0 aliphatic heterocycles. The molecule has 1 saturated carbocycles. The van der Waals surface area contributed by atoms with Crippen LogP contribution in [0.15, 0.2) is 0 Å². The molecule has 1 fully saturated rings. The molecule has 0 aromatic carbocycles. The van der Waals surface area contributed by atoms with Crippen LogP contribution in [0.4, 0.5) is 0 Å². The summed E-state index contributed by atoms with van der Waals surface area (Å²) in [5, 5.41) is 2.94. The van der Waals surface area contributed by atoms with Crippen molar-refractivity contribution in [1.29, 1.82) is 0 Å². The Morgan fingerprint density at radius 2 is 1.90 bits per heavy atom. The Bertz CT molecular complexity index is 369. The van der Waals surface area contributed by atoms with Gasteiger partial charge in [-0.1, -0.05) is 20.8 Å². The first-order chi connectivity index (χ1) is 9.75. The second-order valence-electron chi connectivity index (χ2n) is 7.01. The zero-order valence-corrected chi connectivity index (χ0v) is 14.0. The van der Waals surface area contributed by atoms with E-state index in [9.17, 15) is 9.59 Å². The van der Waals surface area contributed by atoms with Gasteiger partial charge in [-0.15, -0.1) is 0 Å². The zero-order valence-electron chi connectivity index (χ0n) is 14.0. The molecule has 0 spiro atoms. The first kappa shape index (κ1) is 18.0. The second kappa shape index (κ2) is 7.25. The van der Waals surface area contributed by atoms with E-state index in [-0.39, 0.29) is 17.9 Å². The van der Waals surface area contributed by atoms with Crippen LogP contribution in [-0.4, -0.2) is 38.7 Å². The average Bonchev–Trinajstić information content (AvgIpc) is 3.13. The van der Waals surface area contributed by atoms with Gasteiger partial charge in [0.2, 0.25) is 5.91 Å². The van der Waals surface area contributed by atoms with Gasteiger partial charge in [-0.3, -0.25) is 9.59 Å². The monoisotopic (exact) mass is 299 g/mol. The van der Waals surface area contributed by atoms with Gasteiger partial charge in [0.15, 0.2) is 0 Å². The van der Waals surface area contributed by atoms with Crippen molar-refractivity contribution in [2.75, 3.05) is 26.9 Å². The van der Waals surface area contributed by atoms with E-state index in [4.69, 9.17) is 9.47 Å². The second-order valence-corrected chi connectivity index (χ2v) is 7.01. The van der Waals surface area contributed by atoms with Crippen molar-refractivity contribution in [3.63, 3.8) is 0 Å². The standard InChI is InChI=1S/C16H29NO4/c1-6-21-14(19)12(15(2,3)4)13(18)17-11-16(7-8-16)9-10-20-5/h12H,6-11H2,1-5H3,(H,17,18). The van der Waals surface area contributed by atoms with Crippen LogP contribution in [0.2, 0.25) is 0 Å². The molecule has 0 bridgehead atoms. The molecule has 122 valence electrons. The molecular formula is C16H29NO4. The maximum atomic E-state index is 12.4. The van der Waals surface area contributed by atoms with Crippen LogP contribution in [-0.2, 0) is 19.1 Å². The summed E-state index contributed by atoms with van der Waals surface area (Å²) in [7, 11) is 1.69. The molecule has 1 rings (SSSR count). The van der Waals surface area contributed by atoms with Gasteiger partial charge in [-0.2, -0.15) is 0 Å². The molecule has 1 aliphatic carbocycles. The molecule has 5 heteroatoms. The molecule has 21 heavy (non-hydrogen) atoms. The highest BCUT2D eigenvalue weighted by Gasteiger charge is 2.44. The van der Waals surface area contributed by atoms with Crippen LogP contribution in [0.25, 0.3) is 0 Å². The van der Waals surface area contributed by atoms with E-state index in [1.54, 1.807) is 14.0 Å². The summed E-state index contributed by atoms with van der Waals surface area (Å²) >= 11 is 0. The predicted molar refractivity (Wildman–Crippen MR) is 80.7 cm³/mol. The fraction of sp³-hybridized carbons (Fsp3) is 0.875. The number of hydrogen-bond acceptors (Lipinski definition) is 4. The smallest absolute Gasteiger partial charge is 0.319 e. The van der Waals surface area contributed by atoms with Crippen molar-refractivity contribution >= 4 is 11.9 Å². The minimum Gasteiger partial charge on any atom is -0.465 e. The fourth-order valence-electron chi connectivity index (χ4n) is 2.47. The maximum absolute atomic E-state index is 12.4. The number of ether oxygens (including phenoxy) is 2. The highest BCUT2D eigenvalue weighted by atomic mass is 16.5. The van der Waals surface area contributed by atoms with Crippen molar-refractivity contribution < 1.29 is 19.1 Å². The molecule has 5 nitrogen and oxygen atoms in total. The van der Waals surface area contributed by atoms with Crippen molar-refractivity contribution in [2.24, 2.45) is 16.7 Å². The summed E-state index contributed by atoms with van der Waals surface area (Å²) in [5.74, 6) is -1.44. The molecule has 0 aromatic rings. The van der Waals surface area contributed by atoms with Gasteiger partial charge < -0.3 is 14.8 Å². The van der Waals surface area contributed by atoms with E-state index in [1.807, 2.05) is 20.8 Å². The lowest BCUT2D eigenvalue weighted by atomic mass is 9.80. The number of methoxy groups -OCH3 is 1. The minimum atomic E-state index is -0.768. The lowest BCUT2D eigenvalue weighted by Crippen LogP contribution is -2.45. The Hall–Kier alpha value is -1.10. The van der Waals surface area contributed by atoms with Gasteiger partial charge in [0.1, 0.15) is 5.92 Å². The highest BCUT2D eigenvalue weighted by molar-refractivity contribution is 5.98. The Kier molecular flexibility index (Phi) is 6.20. The van der Waals surface area contributed by atoms with Crippen LogP contribution in [0.3, 0.4) is 0 Å². The molecule has 1 N–H and O–H groups in total. The summed E-state index contributed by atoms with van der Waals surface area (Å²) in [6.07, 6.45) is 3.16. The zero-order chi connectivity index (χ0) is 16.1. The summed E-state index contributed by atoms with van der Waals surface area (Å²) in [6.45, 7) is 9.00. The van der Waals surface area contributed by atoms with E-state index < -0.39 is 17.3 Å². The molecule has 1 aliphatic rings. The third-order valence-corrected chi connectivity index (χ3v) is 4.08. The highest BCUT2D eigenvalue weighted by Crippen LogP contribution is 2.48. The van der Waals surface area contributed by atoms with E-state index in [0.29, 0.717) is 13.2 Å². The van der Waals surface area contributed by atoms with Crippen LogP contribution in [0, 0.1) is 16.7 Å². The average molecular weight is 299 g/mol. The first-order valence-corrected chi connectivity index (χ1v) is 7.69. The summed E-state index contributed by atoms with van der Waals surface area (Å²) in [4.78, 5) is 24.5. The summed E-state index contributed by atoms with van der Waals surface area (Å²) < 4.78 is 10.2. The minimum absolute atomic E-state index is 0.169. The van der Waals surface area contributed by atoms with Crippen molar-refractivity contribution in [2.45, 2.75) is 47.0 Å². The third-order valence-electron chi connectivity index (χ3n) is 4.08. The number of carbonyl (C=O) groups is 2. The van der Waals surface area contributed by atoms with Gasteiger partial charge in [0, 0.05) is 20.3 Å². The number of amides is 1. The topological polar surface area (TPSA) is 64.6 Å². The van der Waals surface area contributed by atoms with E-state index in [0.717, 1.165) is 19.3 Å². The van der Waals surface area contributed by atoms with Gasteiger partial charge in [0.25, 0.3) is 0 Å². The number of esters is 1. The van der Waals surface area contributed by atoms with Crippen molar-refractivity contribution in [3.05, 3.63) is 0 Å². The van der Waals surface area contributed by atoms with Crippen LogP contribution < -0.4 is 5.32 Å². The lowest BCUT2D eigenvalue weighted by Gasteiger charge is -2.28. The Balaban J connectivity index is 2.59. The number of nitrogens with one attached hydrogen (secondary N) is 1. The molecule has 0 radical (unpaired) electrons. The summed E-state index contributed by atoms with van der Waals surface area (Å²) in [5.41, 5.74) is -0.289. The fourth-order valence-corrected chi connectivity index (χ4v) is 2.47. The van der Waals surface area contributed by atoms with Crippen LogP contribution in [0.5, 0.6) is 0 Å². The largest absolute Gasteiger partial charge is 0.465 e. The van der Waals surface area contributed by atoms with Gasteiger partial charge in [-0.05, 0) is 37.0 Å². The Labute approximate surface area is 127 Å². The Morgan fingerprint density at radius 1 is 1.29 bits per heavy atom. The molecule has 1 amide bonds. The SMILES string of the molecule is CCOC(=O)C(C(=O)NCC1(CCOC)CC1)C(C)(C)C. The molecule has 0 saturated heterocycles. The van der Waals surface area contributed by atoms with E-state index >= 15 is 0 Å². The van der Waals surface area contributed by atoms with E-state index in [1.165, 1.54) is 0 Å². The van der Waals surface area contributed by atoms with Gasteiger partial charge in [0.05, 0.1) is 6.61 Å². The molecular weight excluding hydrogens is 270 g/mol. The van der Waals surface area contributed by atoms with Crippen molar-refractivity contribution in [3.8, 4) is 0 Å². The molecule has 0 heterocycles. The normalized spacial score (nSPS) is 18.0. The van der Waals surface area contributed by atoms with Gasteiger partial charge in [-0.25, -0.2) is 0 Å². The van der Waals surface area contributed by atoms with E-state index in [2.05, 4.69) is 5.32 Å². The Morgan fingerprint density at radius 3 is 2.33 bits per heavy atom.